The van der Waals surface area contributed by atoms with Crippen molar-refractivity contribution < 1.29 is 26.5 Å². The highest BCUT2D eigenvalue weighted by Crippen LogP contribution is 2.33. The molecule has 0 N–H and O–H groups in total. The Morgan fingerprint density at radius 2 is 1.77 bits per heavy atom. The fraction of sp³-hybridized carbons (Fsp3) is 0.240. The molecule has 6 nitrogen and oxygen atoms in total. The Hall–Kier alpha value is -2.81. The summed E-state index contributed by atoms with van der Waals surface area (Å²) in [6.45, 7) is 3.95. The Labute approximate surface area is 214 Å². The quantitative estimate of drug-likeness (QED) is 0.296. The van der Waals surface area contributed by atoms with Crippen LogP contribution in [0.4, 0.5) is 4.39 Å². The van der Waals surface area contributed by atoms with Gasteiger partial charge in [0.2, 0.25) is 0 Å². The van der Waals surface area contributed by atoms with Gasteiger partial charge in [-0.25, -0.2) is 4.39 Å². The third-order valence-corrected chi connectivity index (χ3v) is 7.38. The van der Waals surface area contributed by atoms with Crippen molar-refractivity contribution in [2.75, 3.05) is 7.11 Å². The van der Waals surface area contributed by atoms with Crippen molar-refractivity contribution in [1.29, 1.82) is 0 Å². The standard InChI is InChI=1S/C25H24Cl2FNO5S/c1-4-16(2)29(25(30)18-6-5-7-19(28)13-18)15-17-8-11-23(33-3)24(12-17)34-35(31,32)20-9-10-21(26)22(27)14-20/h5-14,16H,4,15H2,1-3H3/t16-/m0/s1. The smallest absolute Gasteiger partial charge is 0.339 e. The molecule has 0 aliphatic heterocycles. The van der Waals surface area contributed by atoms with Crippen molar-refractivity contribution in [3.05, 3.63) is 87.7 Å². The van der Waals surface area contributed by atoms with Crippen LogP contribution in [0.15, 0.2) is 65.6 Å². The predicted octanol–water partition coefficient (Wildman–Crippen LogP) is 6.35. The van der Waals surface area contributed by atoms with Crippen molar-refractivity contribution in [1.82, 2.24) is 4.90 Å². The molecule has 0 saturated heterocycles. The zero-order valence-corrected chi connectivity index (χ0v) is 21.6. The van der Waals surface area contributed by atoms with E-state index < -0.39 is 15.9 Å². The van der Waals surface area contributed by atoms with Gasteiger partial charge in [-0.2, -0.15) is 8.42 Å². The summed E-state index contributed by atoms with van der Waals surface area (Å²) in [6.07, 6.45) is 0.659. The third kappa shape index (κ3) is 6.45. The highest BCUT2D eigenvalue weighted by molar-refractivity contribution is 7.87. The summed E-state index contributed by atoms with van der Waals surface area (Å²) in [5, 5.41) is 0.274. The molecule has 0 unspecified atom stereocenters. The van der Waals surface area contributed by atoms with Crippen molar-refractivity contribution in [2.45, 2.75) is 37.8 Å². The second-order valence-corrected chi connectivity index (χ2v) is 10.2. The van der Waals surface area contributed by atoms with Crippen LogP contribution in [-0.2, 0) is 16.7 Å². The van der Waals surface area contributed by atoms with E-state index in [0.717, 1.165) is 0 Å². The lowest BCUT2D eigenvalue weighted by Gasteiger charge is -2.29. The van der Waals surface area contributed by atoms with E-state index in [1.165, 1.54) is 49.6 Å². The van der Waals surface area contributed by atoms with E-state index in [-0.39, 0.29) is 50.5 Å². The maximum Gasteiger partial charge on any atom is 0.339 e. The molecule has 0 aromatic heterocycles. The average Bonchev–Trinajstić information content (AvgIpc) is 2.83. The molecular weight excluding hydrogens is 516 g/mol. The normalized spacial score (nSPS) is 12.2. The first-order valence-corrected chi connectivity index (χ1v) is 12.8. The minimum absolute atomic E-state index is 0.0571. The summed E-state index contributed by atoms with van der Waals surface area (Å²) in [6, 6.07) is 13.9. The van der Waals surface area contributed by atoms with E-state index in [1.807, 2.05) is 13.8 Å². The first-order valence-electron chi connectivity index (χ1n) is 10.7. The number of amides is 1. The lowest BCUT2D eigenvalue weighted by atomic mass is 10.1. The summed E-state index contributed by atoms with van der Waals surface area (Å²) in [4.78, 5) is 14.6. The number of nitrogens with zero attached hydrogens (tertiary/aromatic N) is 1. The van der Waals surface area contributed by atoms with Crippen LogP contribution in [0.1, 0.15) is 36.2 Å². The molecule has 0 fully saturated rings. The summed E-state index contributed by atoms with van der Waals surface area (Å²) in [5.74, 6) is -0.726. The van der Waals surface area contributed by atoms with Crippen LogP contribution in [-0.4, -0.2) is 32.4 Å². The van der Waals surface area contributed by atoms with Gasteiger partial charge < -0.3 is 13.8 Å². The van der Waals surface area contributed by atoms with Gasteiger partial charge in [-0.15, -0.1) is 0 Å². The topological polar surface area (TPSA) is 72.9 Å². The molecule has 10 heteroatoms. The molecule has 1 amide bonds. The van der Waals surface area contributed by atoms with Crippen LogP contribution in [0.25, 0.3) is 0 Å². The lowest BCUT2D eigenvalue weighted by molar-refractivity contribution is 0.0671. The largest absolute Gasteiger partial charge is 0.493 e. The van der Waals surface area contributed by atoms with Gasteiger partial charge in [0.05, 0.1) is 17.2 Å². The Morgan fingerprint density at radius 1 is 1.03 bits per heavy atom. The molecule has 0 radical (unpaired) electrons. The van der Waals surface area contributed by atoms with Gasteiger partial charge in [-0.05, 0) is 67.4 Å². The maximum absolute atomic E-state index is 13.7. The Balaban J connectivity index is 1.93. The van der Waals surface area contributed by atoms with E-state index in [4.69, 9.17) is 32.1 Å². The molecule has 186 valence electrons. The van der Waals surface area contributed by atoms with E-state index in [9.17, 15) is 17.6 Å². The molecule has 0 spiro atoms. The van der Waals surface area contributed by atoms with E-state index in [2.05, 4.69) is 0 Å². The van der Waals surface area contributed by atoms with Gasteiger partial charge >= 0.3 is 10.1 Å². The van der Waals surface area contributed by atoms with Crippen LogP contribution in [0.3, 0.4) is 0 Å². The highest BCUT2D eigenvalue weighted by atomic mass is 35.5. The molecular formula is C25H24Cl2FNO5S. The Kier molecular flexibility index (Phi) is 8.64. The highest BCUT2D eigenvalue weighted by Gasteiger charge is 2.24. The van der Waals surface area contributed by atoms with E-state index in [0.29, 0.717) is 12.0 Å². The third-order valence-electron chi connectivity index (χ3n) is 5.42. The van der Waals surface area contributed by atoms with Gasteiger partial charge in [0.1, 0.15) is 10.7 Å². The second-order valence-electron chi connectivity index (χ2n) is 7.80. The van der Waals surface area contributed by atoms with Gasteiger partial charge in [-0.1, -0.05) is 42.3 Å². The maximum atomic E-state index is 13.7. The van der Waals surface area contributed by atoms with E-state index in [1.54, 1.807) is 23.1 Å². The summed E-state index contributed by atoms with van der Waals surface area (Å²) < 4.78 is 50.1. The Bertz CT molecular complexity index is 1330. The number of carbonyl (C=O) groups is 1. The molecule has 0 bridgehead atoms. The lowest BCUT2D eigenvalue weighted by Crippen LogP contribution is -2.37. The number of ether oxygens (including phenoxy) is 1. The number of benzene rings is 3. The van der Waals surface area contributed by atoms with Crippen molar-refractivity contribution >= 4 is 39.2 Å². The number of methoxy groups -OCH3 is 1. The van der Waals surface area contributed by atoms with Crippen LogP contribution in [0.5, 0.6) is 11.5 Å². The minimum Gasteiger partial charge on any atom is -0.493 e. The van der Waals surface area contributed by atoms with Crippen LogP contribution < -0.4 is 8.92 Å². The van der Waals surface area contributed by atoms with Gasteiger partial charge in [0, 0.05) is 18.2 Å². The predicted molar refractivity (Wildman–Crippen MR) is 133 cm³/mol. The number of carbonyl (C=O) groups excluding carboxylic acids is 1. The molecule has 1 atom stereocenters. The number of hydrogen-bond acceptors (Lipinski definition) is 5. The van der Waals surface area contributed by atoms with Crippen LogP contribution >= 0.6 is 23.2 Å². The van der Waals surface area contributed by atoms with Gasteiger partial charge in [0.15, 0.2) is 11.5 Å². The average molecular weight is 540 g/mol. The number of hydrogen-bond donors (Lipinski definition) is 0. The van der Waals surface area contributed by atoms with E-state index >= 15 is 0 Å². The van der Waals surface area contributed by atoms with Crippen molar-refractivity contribution in [3.8, 4) is 11.5 Å². The molecule has 3 rings (SSSR count). The fourth-order valence-corrected chi connectivity index (χ4v) is 4.64. The molecule has 3 aromatic carbocycles. The fourth-order valence-electron chi connectivity index (χ4n) is 3.32. The number of rotatable bonds is 9. The molecule has 35 heavy (non-hydrogen) atoms. The summed E-state index contributed by atoms with van der Waals surface area (Å²) >= 11 is 11.8. The van der Waals surface area contributed by atoms with Crippen LogP contribution in [0.2, 0.25) is 10.0 Å². The monoisotopic (exact) mass is 539 g/mol. The summed E-state index contributed by atoms with van der Waals surface area (Å²) in [5.41, 5.74) is 0.813. The minimum atomic E-state index is -4.26. The SMILES string of the molecule is CC[C@H](C)N(Cc1ccc(OC)c(OS(=O)(=O)c2ccc(Cl)c(Cl)c2)c1)C(=O)c1cccc(F)c1. The zero-order chi connectivity index (χ0) is 25.8. The van der Waals surface area contributed by atoms with Crippen LogP contribution in [0, 0.1) is 5.82 Å². The second kappa shape index (κ2) is 11.3. The van der Waals surface area contributed by atoms with Gasteiger partial charge in [-0.3, -0.25) is 4.79 Å². The number of halogens is 3. The molecule has 3 aromatic rings. The molecule has 0 aliphatic carbocycles. The zero-order valence-electron chi connectivity index (χ0n) is 19.3. The van der Waals surface area contributed by atoms with Gasteiger partial charge in [0.25, 0.3) is 5.91 Å². The Morgan fingerprint density at radius 3 is 2.40 bits per heavy atom. The van der Waals surface area contributed by atoms with Crippen molar-refractivity contribution in [2.24, 2.45) is 0 Å². The summed E-state index contributed by atoms with van der Waals surface area (Å²) in [7, 11) is -2.88. The molecule has 0 heterocycles. The molecule has 0 saturated carbocycles. The van der Waals surface area contributed by atoms with Crippen molar-refractivity contribution in [3.63, 3.8) is 0 Å². The molecule has 0 aliphatic rings. The first kappa shape index (κ1) is 26.8. The first-order chi connectivity index (χ1) is 16.6.